The van der Waals surface area contributed by atoms with Gasteiger partial charge in [0.1, 0.15) is 11.4 Å². The summed E-state index contributed by atoms with van der Waals surface area (Å²) in [6.45, 7) is 10.3. The van der Waals surface area contributed by atoms with Crippen molar-refractivity contribution in [2.24, 2.45) is 0 Å². The van der Waals surface area contributed by atoms with Gasteiger partial charge in [-0.3, -0.25) is 4.90 Å². The molecule has 5 nitrogen and oxygen atoms in total. The van der Waals surface area contributed by atoms with Crippen LogP contribution < -0.4 is 4.74 Å². The molecule has 0 aliphatic carbocycles. The number of methoxy groups -OCH3 is 1. The molecule has 1 aromatic rings. The summed E-state index contributed by atoms with van der Waals surface area (Å²) in [5.41, 5.74) is 2.25. The van der Waals surface area contributed by atoms with Gasteiger partial charge in [0.25, 0.3) is 0 Å². The van der Waals surface area contributed by atoms with Crippen LogP contribution in [-0.4, -0.2) is 54.8 Å². The number of aryl methyl sites for hydroxylation is 1. The highest BCUT2D eigenvalue weighted by Gasteiger charge is 2.28. The van der Waals surface area contributed by atoms with Crippen LogP contribution in [0, 0.1) is 0 Å². The third-order valence-corrected chi connectivity index (χ3v) is 4.95. The molecule has 2 rings (SSSR count). The zero-order valence-corrected chi connectivity index (χ0v) is 17.2. The van der Waals surface area contributed by atoms with E-state index in [4.69, 9.17) is 9.47 Å². The first-order valence-electron chi connectivity index (χ1n) is 9.57. The number of ether oxygens (including phenoxy) is 2. The number of nitrogens with zero attached hydrogens (tertiary/aromatic N) is 2. The topological polar surface area (TPSA) is 42.0 Å². The van der Waals surface area contributed by atoms with Gasteiger partial charge >= 0.3 is 6.09 Å². The van der Waals surface area contributed by atoms with Gasteiger partial charge in [-0.1, -0.05) is 13.0 Å². The van der Waals surface area contributed by atoms with Gasteiger partial charge in [0.15, 0.2) is 0 Å². The van der Waals surface area contributed by atoms with Crippen LogP contribution in [0.4, 0.5) is 4.79 Å². The van der Waals surface area contributed by atoms with E-state index in [9.17, 15) is 4.79 Å². The zero-order chi connectivity index (χ0) is 19.3. The number of hydrogen-bond donors (Lipinski definition) is 0. The third kappa shape index (κ3) is 5.63. The maximum atomic E-state index is 12.2. The first-order valence-corrected chi connectivity index (χ1v) is 9.57. The van der Waals surface area contributed by atoms with Crippen molar-refractivity contribution >= 4 is 6.09 Å². The number of benzene rings is 1. The lowest BCUT2D eigenvalue weighted by Crippen LogP contribution is -2.46. The number of amides is 1. The van der Waals surface area contributed by atoms with Crippen LogP contribution in [0.2, 0.25) is 0 Å². The average Bonchev–Trinajstić information content (AvgIpc) is 2.60. The fourth-order valence-electron chi connectivity index (χ4n) is 3.43. The van der Waals surface area contributed by atoms with Gasteiger partial charge in [-0.15, -0.1) is 0 Å². The Balaban J connectivity index is 1.92. The molecule has 1 aliphatic heterocycles. The summed E-state index contributed by atoms with van der Waals surface area (Å²) in [6.07, 6.45) is 2.77. The molecule has 0 atom stereocenters. The molecule has 0 unspecified atom stereocenters. The van der Waals surface area contributed by atoms with Gasteiger partial charge in [-0.25, -0.2) is 4.79 Å². The summed E-state index contributed by atoms with van der Waals surface area (Å²) in [4.78, 5) is 16.4. The summed E-state index contributed by atoms with van der Waals surface area (Å²) >= 11 is 0. The number of carbonyl (C=O) groups is 1. The van der Waals surface area contributed by atoms with E-state index in [1.54, 1.807) is 7.11 Å². The molecule has 0 radical (unpaired) electrons. The Kier molecular flexibility index (Phi) is 6.93. The Morgan fingerprint density at radius 1 is 1.23 bits per heavy atom. The molecule has 0 aromatic heterocycles. The summed E-state index contributed by atoms with van der Waals surface area (Å²) in [5, 5.41) is 0. The second-order valence-electron chi connectivity index (χ2n) is 8.10. The van der Waals surface area contributed by atoms with E-state index in [0.29, 0.717) is 6.04 Å². The Labute approximate surface area is 158 Å². The molecule has 146 valence electrons. The van der Waals surface area contributed by atoms with Gasteiger partial charge in [-0.2, -0.15) is 0 Å². The van der Waals surface area contributed by atoms with E-state index in [1.807, 2.05) is 31.7 Å². The van der Waals surface area contributed by atoms with E-state index in [-0.39, 0.29) is 6.09 Å². The SMILES string of the molecule is CCc1ccc(OC)cc1CN(C)C1CCN(C(=O)OC(C)(C)C)CC1. The monoisotopic (exact) mass is 362 g/mol. The highest BCUT2D eigenvalue weighted by atomic mass is 16.6. The van der Waals surface area contributed by atoms with Crippen molar-refractivity contribution in [1.82, 2.24) is 9.80 Å². The van der Waals surface area contributed by atoms with Crippen molar-refractivity contribution < 1.29 is 14.3 Å². The number of carbonyl (C=O) groups excluding carboxylic acids is 1. The molecule has 1 heterocycles. The summed E-state index contributed by atoms with van der Waals surface area (Å²) in [7, 11) is 3.88. The lowest BCUT2D eigenvalue weighted by molar-refractivity contribution is 0.0153. The Hall–Kier alpha value is -1.75. The normalized spacial score (nSPS) is 16.0. The predicted octanol–water partition coefficient (Wildman–Crippen LogP) is 4.09. The molecule has 1 amide bonds. The Bertz CT molecular complexity index is 602. The second-order valence-corrected chi connectivity index (χ2v) is 8.10. The van der Waals surface area contributed by atoms with Crippen molar-refractivity contribution in [2.45, 2.75) is 65.1 Å². The van der Waals surface area contributed by atoms with Crippen molar-refractivity contribution in [3.63, 3.8) is 0 Å². The summed E-state index contributed by atoms with van der Waals surface area (Å²) in [6, 6.07) is 6.81. The van der Waals surface area contributed by atoms with Gasteiger partial charge in [-0.05, 0) is 70.3 Å². The van der Waals surface area contributed by atoms with E-state index >= 15 is 0 Å². The van der Waals surface area contributed by atoms with Gasteiger partial charge in [0.2, 0.25) is 0 Å². The van der Waals surface area contributed by atoms with E-state index in [1.165, 1.54) is 11.1 Å². The minimum atomic E-state index is -0.437. The number of hydrogen-bond acceptors (Lipinski definition) is 4. The maximum absolute atomic E-state index is 12.2. The van der Waals surface area contributed by atoms with E-state index in [2.05, 4.69) is 31.0 Å². The smallest absolute Gasteiger partial charge is 0.410 e. The fraction of sp³-hybridized carbons (Fsp3) is 0.667. The number of piperidine rings is 1. The van der Waals surface area contributed by atoms with Crippen LogP contribution in [0.5, 0.6) is 5.75 Å². The van der Waals surface area contributed by atoms with Crippen molar-refractivity contribution in [3.8, 4) is 5.75 Å². The second kappa shape index (κ2) is 8.76. The van der Waals surface area contributed by atoms with Gasteiger partial charge in [0, 0.05) is 25.7 Å². The first kappa shape index (κ1) is 20.6. The lowest BCUT2D eigenvalue weighted by Gasteiger charge is -2.37. The molecular formula is C21H34N2O3. The standard InChI is InChI=1S/C21H34N2O3/c1-7-16-8-9-19(25-6)14-17(16)15-22(5)18-10-12-23(13-11-18)20(24)26-21(2,3)4/h8-9,14,18H,7,10-13,15H2,1-6H3. The molecule has 0 spiro atoms. The Morgan fingerprint density at radius 3 is 2.42 bits per heavy atom. The molecule has 1 aromatic carbocycles. The first-order chi connectivity index (χ1) is 12.2. The van der Waals surface area contributed by atoms with Crippen molar-refractivity contribution in [1.29, 1.82) is 0 Å². The van der Waals surface area contributed by atoms with Crippen LogP contribution in [0.15, 0.2) is 18.2 Å². The molecule has 5 heteroatoms. The molecular weight excluding hydrogens is 328 g/mol. The minimum absolute atomic E-state index is 0.195. The summed E-state index contributed by atoms with van der Waals surface area (Å²) < 4.78 is 10.9. The van der Waals surface area contributed by atoms with Gasteiger partial charge in [0.05, 0.1) is 7.11 Å². The third-order valence-electron chi connectivity index (χ3n) is 4.95. The van der Waals surface area contributed by atoms with Gasteiger partial charge < -0.3 is 14.4 Å². The highest BCUT2D eigenvalue weighted by Crippen LogP contribution is 2.23. The Morgan fingerprint density at radius 2 is 1.88 bits per heavy atom. The van der Waals surface area contributed by atoms with Crippen molar-refractivity contribution in [3.05, 3.63) is 29.3 Å². The number of rotatable bonds is 5. The van der Waals surface area contributed by atoms with Crippen LogP contribution in [-0.2, 0) is 17.7 Å². The molecule has 0 saturated carbocycles. The molecule has 1 aliphatic rings. The minimum Gasteiger partial charge on any atom is -0.497 e. The van der Waals surface area contributed by atoms with Crippen LogP contribution in [0.1, 0.15) is 51.7 Å². The molecule has 1 saturated heterocycles. The molecule has 26 heavy (non-hydrogen) atoms. The van der Waals surface area contributed by atoms with E-state index in [0.717, 1.165) is 44.6 Å². The maximum Gasteiger partial charge on any atom is 0.410 e. The lowest BCUT2D eigenvalue weighted by atomic mass is 10.0. The quantitative estimate of drug-likeness (QED) is 0.791. The van der Waals surface area contributed by atoms with Crippen LogP contribution in [0.3, 0.4) is 0 Å². The predicted molar refractivity (Wildman–Crippen MR) is 105 cm³/mol. The zero-order valence-electron chi connectivity index (χ0n) is 17.2. The van der Waals surface area contributed by atoms with E-state index < -0.39 is 5.60 Å². The average molecular weight is 363 g/mol. The van der Waals surface area contributed by atoms with Crippen LogP contribution >= 0.6 is 0 Å². The largest absolute Gasteiger partial charge is 0.497 e. The number of likely N-dealkylation sites (tertiary alicyclic amines) is 1. The van der Waals surface area contributed by atoms with Crippen molar-refractivity contribution in [2.75, 3.05) is 27.2 Å². The van der Waals surface area contributed by atoms with Crippen LogP contribution in [0.25, 0.3) is 0 Å². The highest BCUT2D eigenvalue weighted by molar-refractivity contribution is 5.68. The fourth-order valence-corrected chi connectivity index (χ4v) is 3.43. The summed E-state index contributed by atoms with van der Waals surface area (Å²) in [5.74, 6) is 0.908. The molecule has 0 bridgehead atoms. The molecule has 1 fully saturated rings. The molecule has 0 N–H and O–H groups in total.